The number of fused-ring (bicyclic) bond motifs is 1. The number of esters is 5. The summed E-state index contributed by atoms with van der Waals surface area (Å²) in [5.74, 6) is -2.88. The van der Waals surface area contributed by atoms with E-state index in [0.717, 1.165) is 0 Å². The van der Waals surface area contributed by atoms with Crippen LogP contribution >= 0.6 is 0 Å². The van der Waals surface area contributed by atoms with Crippen molar-refractivity contribution in [3.63, 3.8) is 0 Å². The molecule has 0 fully saturated rings. The highest BCUT2D eigenvalue weighted by Crippen LogP contribution is 2.47. The average Bonchev–Trinajstić information content (AvgIpc) is 2.74. The SMILES string of the molecule is CC(=O)Oc1ccc2c(c1)O[C@H](c1ccc(OC(C)=O)c(OC(C)=O)c1)[C@@H](OC(C)=O)[C@@H]2OC(C)=O. The Hall–Kier alpha value is -4.41. The van der Waals surface area contributed by atoms with Crippen molar-refractivity contribution in [2.45, 2.75) is 52.9 Å². The molecule has 0 spiro atoms. The zero-order valence-electron chi connectivity index (χ0n) is 20.2. The molecule has 2 aromatic rings. The summed E-state index contributed by atoms with van der Waals surface area (Å²) in [6.07, 6.45) is -3.31. The summed E-state index contributed by atoms with van der Waals surface area (Å²) in [5, 5.41) is 0. The second-order valence-electron chi connectivity index (χ2n) is 7.83. The molecule has 0 saturated heterocycles. The minimum atomic E-state index is -1.15. The van der Waals surface area contributed by atoms with Crippen LogP contribution in [0.4, 0.5) is 0 Å². The van der Waals surface area contributed by atoms with Crippen LogP contribution in [0.1, 0.15) is 58.0 Å². The number of carbonyl (C=O) groups is 5. The summed E-state index contributed by atoms with van der Waals surface area (Å²) in [6.45, 7) is 5.99. The number of rotatable bonds is 6. The molecular weight excluding hydrogens is 476 g/mol. The van der Waals surface area contributed by atoms with Gasteiger partial charge in [-0.25, -0.2) is 0 Å². The van der Waals surface area contributed by atoms with Crippen molar-refractivity contribution < 1.29 is 52.4 Å². The van der Waals surface area contributed by atoms with E-state index in [9.17, 15) is 24.0 Å². The molecule has 3 atom stereocenters. The van der Waals surface area contributed by atoms with Gasteiger partial charge in [0.1, 0.15) is 11.5 Å². The fraction of sp³-hybridized carbons (Fsp3) is 0.320. The van der Waals surface area contributed by atoms with Crippen LogP contribution in [0.15, 0.2) is 36.4 Å². The van der Waals surface area contributed by atoms with E-state index >= 15 is 0 Å². The Bertz CT molecular complexity index is 1220. The molecule has 1 aliphatic heterocycles. The average molecular weight is 500 g/mol. The predicted molar refractivity (Wildman–Crippen MR) is 120 cm³/mol. The summed E-state index contributed by atoms with van der Waals surface area (Å²) in [6, 6.07) is 8.73. The monoisotopic (exact) mass is 500 g/mol. The van der Waals surface area contributed by atoms with Gasteiger partial charge in [-0.15, -0.1) is 0 Å². The number of benzene rings is 2. The van der Waals surface area contributed by atoms with Gasteiger partial charge >= 0.3 is 29.8 Å². The summed E-state index contributed by atoms with van der Waals surface area (Å²) in [7, 11) is 0. The van der Waals surface area contributed by atoms with Crippen LogP contribution in [0.5, 0.6) is 23.0 Å². The summed E-state index contributed by atoms with van der Waals surface area (Å²) < 4.78 is 32.6. The molecule has 0 amide bonds. The Kier molecular flexibility index (Phi) is 7.93. The minimum Gasteiger partial charge on any atom is -0.481 e. The lowest BCUT2D eigenvalue weighted by Crippen LogP contribution is -2.39. The van der Waals surface area contributed by atoms with Crippen LogP contribution in [0.3, 0.4) is 0 Å². The molecule has 190 valence electrons. The first-order chi connectivity index (χ1) is 16.9. The normalized spacial score (nSPS) is 18.1. The van der Waals surface area contributed by atoms with Crippen molar-refractivity contribution in [1.29, 1.82) is 0 Å². The molecule has 0 radical (unpaired) electrons. The van der Waals surface area contributed by atoms with Crippen molar-refractivity contribution in [2.24, 2.45) is 0 Å². The number of hydrogen-bond donors (Lipinski definition) is 0. The van der Waals surface area contributed by atoms with Crippen molar-refractivity contribution in [2.75, 3.05) is 0 Å². The molecule has 3 rings (SSSR count). The molecule has 36 heavy (non-hydrogen) atoms. The Balaban J connectivity index is 2.15. The molecule has 0 N–H and O–H groups in total. The molecule has 11 nitrogen and oxygen atoms in total. The largest absolute Gasteiger partial charge is 0.481 e. The second kappa shape index (κ2) is 10.9. The maximum absolute atomic E-state index is 12.0. The lowest BCUT2D eigenvalue weighted by molar-refractivity contribution is -0.178. The van der Waals surface area contributed by atoms with Crippen LogP contribution in [0.2, 0.25) is 0 Å². The lowest BCUT2D eigenvalue weighted by atomic mass is 9.91. The van der Waals surface area contributed by atoms with Gasteiger partial charge in [-0.3, -0.25) is 24.0 Å². The van der Waals surface area contributed by atoms with Crippen LogP contribution in [0, 0.1) is 0 Å². The first-order valence-corrected chi connectivity index (χ1v) is 10.8. The molecule has 0 unspecified atom stereocenters. The van der Waals surface area contributed by atoms with Crippen molar-refractivity contribution in [1.82, 2.24) is 0 Å². The first kappa shape index (κ1) is 26.2. The fourth-order valence-corrected chi connectivity index (χ4v) is 3.68. The van der Waals surface area contributed by atoms with Crippen LogP contribution in [-0.4, -0.2) is 36.0 Å². The summed E-state index contributed by atoms with van der Waals surface area (Å²) in [5.41, 5.74) is 0.717. The van der Waals surface area contributed by atoms with E-state index in [1.165, 1.54) is 71.0 Å². The van der Waals surface area contributed by atoms with Crippen molar-refractivity contribution in [3.8, 4) is 23.0 Å². The zero-order chi connectivity index (χ0) is 26.6. The third kappa shape index (κ3) is 6.38. The molecule has 1 aliphatic rings. The van der Waals surface area contributed by atoms with Crippen molar-refractivity contribution in [3.05, 3.63) is 47.5 Å². The van der Waals surface area contributed by atoms with E-state index in [0.29, 0.717) is 11.1 Å². The number of carbonyl (C=O) groups excluding carboxylic acids is 5. The third-order valence-electron chi connectivity index (χ3n) is 4.80. The van der Waals surface area contributed by atoms with Gasteiger partial charge in [-0.05, 0) is 24.3 Å². The van der Waals surface area contributed by atoms with E-state index in [1.54, 1.807) is 0 Å². The third-order valence-corrected chi connectivity index (χ3v) is 4.80. The van der Waals surface area contributed by atoms with Gasteiger partial charge in [0.25, 0.3) is 0 Å². The lowest BCUT2D eigenvalue weighted by Gasteiger charge is -2.38. The smallest absolute Gasteiger partial charge is 0.308 e. The molecule has 0 bridgehead atoms. The number of ether oxygens (including phenoxy) is 6. The van der Waals surface area contributed by atoms with Crippen LogP contribution < -0.4 is 18.9 Å². The highest BCUT2D eigenvalue weighted by atomic mass is 16.6. The molecule has 0 aromatic heterocycles. The molecule has 1 heterocycles. The van der Waals surface area contributed by atoms with Gasteiger partial charge in [0.2, 0.25) is 0 Å². The van der Waals surface area contributed by atoms with Crippen LogP contribution in [-0.2, 0) is 33.4 Å². The van der Waals surface area contributed by atoms with Gasteiger partial charge in [0, 0.05) is 51.8 Å². The maximum atomic E-state index is 12.0. The fourth-order valence-electron chi connectivity index (χ4n) is 3.68. The van der Waals surface area contributed by atoms with Gasteiger partial charge in [-0.2, -0.15) is 0 Å². The van der Waals surface area contributed by atoms with Crippen molar-refractivity contribution >= 4 is 29.8 Å². The summed E-state index contributed by atoms with van der Waals surface area (Å²) >= 11 is 0. The van der Waals surface area contributed by atoms with E-state index in [1.807, 2.05) is 0 Å². The van der Waals surface area contributed by atoms with E-state index in [2.05, 4.69) is 0 Å². The maximum Gasteiger partial charge on any atom is 0.308 e. The van der Waals surface area contributed by atoms with E-state index in [-0.39, 0.29) is 23.0 Å². The van der Waals surface area contributed by atoms with E-state index < -0.39 is 48.2 Å². The van der Waals surface area contributed by atoms with E-state index in [4.69, 9.17) is 28.4 Å². The van der Waals surface area contributed by atoms with Gasteiger partial charge in [0.15, 0.2) is 29.8 Å². The Labute approximate surface area is 206 Å². The first-order valence-electron chi connectivity index (χ1n) is 10.8. The Morgan fingerprint density at radius 2 is 1.28 bits per heavy atom. The molecule has 11 heteroatoms. The zero-order valence-corrected chi connectivity index (χ0v) is 20.2. The van der Waals surface area contributed by atoms with Crippen LogP contribution in [0.25, 0.3) is 0 Å². The standard InChI is InChI=1S/C25H24O11/c1-12(26)31-18-7-8-19-21(11-18)36-23(25(35-16(5)30)24(19)34-15(4)29)17-6-9-20(32-13(2)27)22(10-17)33-14(3)28/h6-11,23-25H,1-5H3/t23-,24-,25-/m1/s1. The van der Waals surface area contributed by atoms with Gasteiger partial charge in [-0.1, -0.05) is 6.07 Å². The number of hydrogen-bond acceptors (Lipinski definition) is 11. The highest BCUT2D eigenvalue weighted by Gasteiger charge is 2.44. The predicted octanol–water partition coefficient (Wildman–Crippen LogP) is 3.13. The minimum absolute atomic E-state index is 0.0182. The molecular formula is C25H24O11. The molecule has 0 aliphatic carbocycles. The Morgan fingerprint density at radius 1 is 0.667 bits per heavy atom. The molecule has 2 aromatic carbocycles. The van der Waals surface area contributed by atoms with Gasteiger partial charge in [0.05, 0.1) is 0 Å². The topological polar surface area (TPSA) is 141 Å². The quantitative estimate of drug-likeness (QED) is 0.427. The summed E-state index contributed by atoms with van der Waals surface area (Å²) in [4.78, 5) is 58.5. The Morgan fingerprint density at radius 3 is 1.86 bits per heavy atom. The second-order valence-corrected chi connectivity index (χ2v) is 7.83. The molecule has 0 saturated carbocycles. The highest BCUT2D eigenvalue weighted by molar-refractivity contribution is 5.74. The van der Waals surface area contributed by atoms with Gasteiger partial charge < -0.3 is 28.4 Å².